The number of benzene rings is 1. The van der Waals surface area contributed by atoms with Crippen molar-refractivity contribution in [2.24, 2.45) is 0 Å². The minimum absolute atomic E-state index is 0.626. The highest BCUT2D eigenvalue weighted by molar-refractivity contribution is 8.13. The van der Waals surface area contributed by atoms with Crippen molar-refractivity contribution >= 4 is 16.8 Å². The molecule has 0 bridgehead atoms. The quantitative estimate of drug-likeness (QED) is 0.521. The average molecular weight is 181 g/mol. The fourth-order valence-electron chi connectivity index (χ4n) is 0.707. The summed E-state index contributed by atoms with van der Waals surface area (Å²) in [6, 6.07) is 9.73. The van der Waals surface area contributed by atoms with E-state index in [2.05, 4.69) is 0 Å². The third kappa shape index (κ3) is 3.58. The van der Waals surface area contributed by atoms with Crippen LogP contribution in [0.5, 0.6) is 0 Å². The van der Waals surface area contributed by atoms with Crippen LogP contribution in [0.1, 0.15) is 19.4 Å². The minimum atomic E-state index is 0.626. The summed E-state index contributed by atoms with van der Waals surface area (Å²) in [5.74, 6) is 0. The first-order chi connectivity index (χ1) is 5.84. The molecule has 12 heavy (non-hydrogen) atoms. The van der Waals surface area contributed by atoms with Gasteiger partial charge in [-0.05, 0) is 6.26 Å². The number of thioether (sulfide) groups is 1. The van der Waals surface area contributed by atoms with Crippen LogP contribution in [0.3, 0.4) is 0 Å². The van der Waals surface area contributed by atoms with Crippen molar-refractivity contribution in [1.82, 2.24) is 0 Å². The van der Waals surface area contributed by atoms with Crippen LogP contribution in [0.25, 0.3) is 0 Å². The van der Waals surface area contributed by atoms with Crippen molar-refractivity contribution < 1.29 is 0 Å². The van der Waals surface area contributed by atoms with Gasteiger partial charge in [0.05, 0.1) is 5.04 Å². The van der Waals surface area contributed by atoms with E-state index in [0.29, 0.717) is 5.04 Å². The third-order valence-electron chi connectivity index (χ3n) is 1.24. The van der Waals surface area contributed by atoms with Crippen LogP contribution in [0.15, 0.2) is 30.3 Å². The van der Waals surface area contributed by atoms with Gasteiger partial charge in [0.2, 0.25) is 0 Å². The van der Waals surface area contributed by atoms with Gasteiger partial charge in [0.1, 0.15) is 0 Å². The van der Waals surface area contributed by atoms with E-state index in [1.807, 2.05) is 50.4 Å². The molecule has 0 saturated carbocycles. The summed E-state index contributed by atoms with van der Waals surface area (Å²) in [6.07, 6.45) is 1.91. The number of nitrogens with one attached hydrogen (secondary N) is 1. The summed E-state index contributed by atoms with van der Waals surface area (Å²) < 4.78 is 0. The molecular formula is C10H15NS. The smallest absolute Gasteiger partial charge is 0.0939 e. The zero-order chi connectivity index (χ0) is 9.40. The largest absolute Gasteiger partial charge is 0.293 e. The minimum Gasteiger partial charge on any atom is -0.293 e. The molecule has 0 aromatic heterocycles. The summed E-state index contributed by atoms with van der Waals surface area (Å²) in [7, 11) is 0. The van der Waals surface area contributed by atoms with Gasteiger partial charge in [0, 0.05) is 5.56 Å². The van der Waals surface area contributed by atoms with E-state index >= 15 is 0 Å². The summed E-state index contributed by atoms with van der Waals surface area (Å²) in [4.78, 5) is 0. The second-order valence-corrected chi connectivity index (χ2v) is 2.72. The van der Waals surface area contributed by atoms with Gasteiger partial charge in [-0.3, -0.25) is 5.41 Å². The molecule has 0 amide bonds. The predicted octanol–water partition coefficient (Wildman–Crippen LogP) is 3.40. The molecule has 0 saturated heterocycles. The second-order valence-electron chi connectivity index (χ2n) is 1.90. The predicted molar refractivity (Wildman–Crippen MR) is 58.1 cm³/mol. The molecule has 1 aromatic rings. The molecule has 0 fully saturated rings. The van der Waals surface area contributed by atoms with E-state index in [4.69, 9.17) is 5.41 Å². The normalized spacial score (nSPS) is 8.25. The first-order valence-corrected chi connectivity index (χ1v) is 5.25. The standard InChI is InChI=1S/C8H9NS.C2H6/c1-10-8(9)7-5-3-2-4-6-7;1-2/h2-6,9H,1H3;1-2H3. The molecule has 1 rings (SSSR count). The van der Waals surface area contributed by atoms with Crippen LogP contribution in [-0.4, -0.2) is 11.3 Å². The summed E-state index contributed by atoms with van der Waals surface area (Å²) in [6.45, 7) is 4.00. The van der Waals surface area contributed by atoms with Crippen LogP contribution in [-0.2, 0) is 0 Å². The van der Waals surface area contributed by atoms with Crippen molar-refractivity contribution in [3.63, 3.8) is 0 Å². The Balaban J connectivity index is 0.000000561. The van der Waals surface area contributed by atoms with Crippen molar-refractivity contribution in [1.29, 1.82) is 5.41 Å². The zero-order valence-electron chi connectivity index (χ0n) is 7.79. The maximum absolute atomic E-state index is 7.44. The summed E-state index contributed by atoms with van der Waals surface area (Å²) >= 11 is 1.46. The van der Waals surface area contributed by atoms with Gasteiger partial charge in [0.15, 0.2) is 0 Å². The Morgan fingerprint density at radius 1 is 1.17 bits per heavy atom. The lowest BCUT2D eigenvalue weighted by Gasteiger charge is -1.96. The highest BCUT2D eigenvalue weighted by Crippen LogP contribution is 2.07. The maximum atomic E-state index is 7.44. The molecule has 0 heterocycles. The SMILES string of the molecule is CC.CSC(=N)c1ccccc1. The maximum Gasteiger partial charge on any atom is 0.0939 e. The van der Waals surface area contributed by atoms with Crippen molar-refractivity contribution in [3.05, 3.63) is 35.9 Å². The highest BCUT2D eigenvalue weighted by Gasteiger charge is 1.94. The molecule has 0 unspecified atom stereocenters. The topological polar surface area (TPSA) is 23.9 Å². The van der Waals surface area contributed by atoms with E-state index in [0.717, 1.165) is 5.56 Å². The Kier molecular flexibility index (Phi) is 6.48. The fourth-order valence-corrected chi connectivity index (χ4v) is 1.08. The van der Waals surface area contributed by atoms with Crippen LogP contribution >= 0.6 is 11.8 Å². The average Bonchev–Trinajstić information content (AvgIpc) is 2.21. The fraction of sp³-hybridized carbons (Fsp3) is 0.300. The first-order valence-electron chi connectivity index (χ1n) is 4.02. The van der Waals surface area contributed by atoms with Gasteiger partial charge in [0.25, 0.3) is 0 Å². The molecule has 66 valence electrons. The highest BCUT2D eigenvalue weighted by atomic mass is 32.2. The molecular weight excluding hydrogens is 166 g/mol. The number of hydrogen-bond acceptors (Lipinski definition) is 2. The lowest BCUT2D eigenvalue weighted by Crippen LogP contribution is -1.89. The molecule has 1 nitrogen and oxygen atoms in total. The molecule has 0 aliphatic carbocycles. The first kappa shape index (κ1) is 11.2. The van der Waals surface area contributed by atoms with Crippen LogP contribution in [0.2, 0.25) is 0 Å². The molecule has 0 atom stereocenters. The Bertz CT molecular complexity index is 219. The van der Waals surface area contributed by atoms with E-state index in [-0.39, 0.29) is 0 Å². The van der Waals surface area contributed by atoms with Crippen molar-refractivity contribution in [2.45, 2.75) is 13.8 Å². The third-order valence-corrected chi connectivity index (χ3v) is 1.88. The van der Waals surface area contributed by atoms with Crippen LogP contribution in [0, 0.1) is 5.41 Å². The molecule has 0 radical (unpaired) electrons. The number of rotatable bonds is 1. The Hall–Kier alpha value is -0.760. The Morgan fingerprint density at radius 3 is 2.08 bits per heavy atom. The van der Waals surface area contributed by atoms with E-state index in [1.165, 1.54) is 11.8 Å². The van der Waals surface area contributed by atoms with Gasteiger partial charge < -0.3 is 0 Å². The molecule has 2 heteroatoms. The van der Waals surface area contributed by atoms with E-state index < -0.39 is 0 Å². The summed E-state index contributed by atoms with van der Waals surface area (Å²) in [5.41, 5.74) is 0.995. The zero-order valence-corrected chi connectivity index (χ0v) is 8.61. The lowest BCUT2D eigenvalue weighted by molar-refractivity contribution is 1.50. The van der Waals surface area contributed by atoms with Crippen LogP contribution in [0.4, 0.5) is 0 Å². The summed E-state index contributed by atoms with van der Waals surface area (Å²) in [5, 5.41) is 8.07. The van der Waals surface area contributed by atoms with Gasteiger partial charge >= 0.3 is 0 Å². The van der Waals surface area contributed by atoms with Crippen molar-refractivity contribution in [3.8, 4) is 0 Å². The second kappa shape index (κ2) is 6.92. The molecule has 0 aliphatic heterocycles. The molecule has 0 aliphatic rings. The van der Waals surface area contributed by atoms with E-state index in [1.54, 1.807) is 0 Å². The molecule has 0 spiro atoms. The monoisotopic (exact) mass is 181 g/mol. The van der Waals surface area contributed by atoms with Crippen molar-refractivity contribution in [2.75, 3.05) is 6.26 Å². The lowest BCUT2D eigenvalue weighted by atomic mass is 10.2. The van der Waals surface area contributed by atoms with Gasteiger partial charge in [-0.1, -0.05) is 44.2 Å². The van der Waals surface area contributed by atoms with Crippen LogP contribution < -0.4 is 0 Å². The molecule has 1 aromatic carbocycles. The van der Waals surface area contributed by atoms with Gasteiger partial charge in [-0.2, -0.15) is 0 Å². The van der Waals surface area contributed by atoms with Gasteiger partial charge in [-0.25, -0.2) is 0 Å². The van der Waals surface area contributed by atoms with Gasteiger partial charge in [-0.15, -0.1) is 11.8 Å². The Labute approximate surface area is 78.7 Å². The number of hydrogen-bond donors (Lipinski definition) is 1. The Morgan fingerprint density at radius 2 is 1.67 bits per heavy atom. The molecule has 1 N–H and O–H groups in total. The van der Waals surface area contributed by atoms with E-state index in [9.17, 15) is 0 Å².